The monoisotopic (exact) mass is 382 g/mol. The van der Waals surface area contributed by atoms with Crippen LogP contribution in [0.5, 0.6) is 11.5 Å². The van der Waals surface area contributed by atoms with Crippen LogP contribution in [0.15, 0.2) is 36.4 Å². The third-order valence-corrected chi connectivity index (χ3v) is 5.88. The van der Waals surface area contributed by atoms with Gasteiger partial charge >= 0.3 is 0 Å². The van der Waals surface area contributed by atoms with Crippen molar-refractivity contribution in [1.82, 2.24) is 0 Å². The number of carbonyl (C=O) groups excluding carboxylic acids is 1. The second-order valence-electron chi connectivity index (χ2n) is 8.73. The summed E-state index contributed by atoms with van der Waals surface area (Å²) in [6, 6.07) is 12.2. The molecule has 0 aromatic heterocycles. The van der Waals surface area contributed by atoms with Gasteiger partial charge in [-0.25, -0.2) is 0 Å². The van der Waals surface area contributed by atoms with Crippen LogP contribution in [-0.2, 0) is 10.2 Å². The fraction of sp³-hybridized carbons (Fsp3) is 0.480. The number of phenols is 1. The molecule has 0 atom stereocenters. The topological polar surface area (TPSA) is 46.5 Å². The van der Waals surface area contributed by atoms with Gasteiger partial charge in [-0.15, -0.1) is 0 Å². The molecule has 2 aromatic carbocycles. The van der Waals surface area contributed by atoms with Crippen LogP contribution in [0.2, 0.25) is 0 Å². The Morgan fingerprint density at radius 1 is 0.929 bits per heavy atom. The summed E-state index contributed by atoms with van der Waals surface area (Å²) in [5, 5.41) is 9.92. The molecule has 1 N–H and O–H groups in total. The van der Waals surface area contributed by atoms with E-state index in [1.807, 2.05) is 46.8 Å². The lowest BCUT2D eigenvalue weighted by atomic mass is 9.70. The summed E-state index contributed by atoms with van der Waals surface area (Å²) in [6.45, 7) is 14.2. The molecular formula is C25H34O3. The number of benzene rings is 2. The second-order valence-corrected chi connectivity index (χ2v) is 8.73. The van der Waals surface area contributed by atoms with Gasteiger partial charge in [-0.3, -0.25) is 4.79 Å². The Kier molecular flexibility index (Phi) is 6.59. The van der Waals surface area contributed by atoms with Crippen LogP contribution in [-0.4, -0.2) is 17.5 Å². The van der Waals surface area contributed by atoms with Gasteiger partial charge in [0, 0.05) is 10.8 Å². The van der Waals surface area contributed by atoms with E-state index in [2.05, 4.69) is 32.0 Å². The Labute approximate surface area is 169 Å². The summed E-state index contributed by atoms with van der Waals surface area (Å²) in [6.07, 6.45) is 1.91. The average molecular weight is 383 g/mol. The number of hydrogen-bond donors (Lipinski definition) is 1. The first kappa shape index (κ1) is 22.0. The highest BCUT2D eigenvalue weighted by Crippen LogP contribution is 2.41. The molecule has 3 nitrogen and oxygen atoms in total. The lowest BCUT2D eigenvalue weighted by Gasteiger charge is -2.34. The van der Waals surface area contributed by atoms with Crippen molar-refractivity contribution >= 4 is 5.78 Å². The van der Waals surface area contributed by atoms with Crippen LogP contribution in [0, 0.1) is 19.3 Å². The minimum absolute atomic E-state index is 0.0898. The molecule has 0 unspecified atom stereocenters. The van der Waals surface area contributed by atoms with E-state index in [1.165, 1.54) is 11.1 Å². The number of rotatable bonds is 7. The highest BCUT2D eigenvalue weighted by molar-refractivity contribution is 5.85. The van der Waals surface area contributed by atoms with E-state index in [0.29, 0.717) is 5.75 Å². The minimum Gasteiger partial charge on any atom is -0.508 e. The van der Waals surface area contributed by atoms with Crippen LogP contribution < -0.4 is 4.74 Å². The first-order valence-corrected chi connectivity index (χ1v) is 10.1. The molecule has 0 saturated carbocycles. The van der Waals surface area contributed by atoms with Crippen molar-refractivity contribution in [2.45, 2.75) is 66.7 Å². The number of carbonyl (C=O) groups is 1. The van der Waals surface area contributed by atoms with Crippen molar-refractivity contribution in [3.8, 4) is 11.5 Å². The molecule has 3 heteroatoms. The van der Waals surface area contributed by atoms with Gasteiger partial charge in [0.15, 0.2) is 5.78 Å². The number of ketones is 1. The number of ether oxygens (including phenoxy) is 1. The van der Waals surface area contributed by atoms with E-state index in [4.69, 9.17) is 4.74 Å². The van der Waals surface area contributed by atoms with Crippen LogP contribution >= 0.6 is 0 Å². The van der Waals surface area contributed by atoms with Crippen molar-refractivity contribution in [3.05, 3.63) is 58.7 Å². The number of aromatic hydroxyl groups is 1. The molecule has 0 bridgehead atoms. The van der Waals surface area contributed by atoms with Crippen LogP contribution in [0.1, 0.15) is 69.7 Å². The van der Waals surface area contributed by atoms with Crippen molar-refractivity contribution in [2.75, 3.05) is 6.61 Å². The quantitative estimate of drug-likeness (QED) is 0.628. The van der Waals surface area contributed by atoms with Crippen LogP contribution in [0.3, 0.4) is 0 Å². The van der Waals surface area contributed by atoms with E-state index in [1.54, 1.807) is 6.07 Å². The summed E-state index contributed by atoms with van der Waals surface area (Å²) in [7, 11) is 0. The van der Waals surface area contributed by atoms with E-state index < -0.39 is 5.41 Å². The predicted molar refractivity (Wildman–Crippen MR) is 115 cm³/mol. The SMILES string of the molecule is CCC(CC)(c1ccc(O)c(C)c1)c1ccc(OCC(=O)C(C)(C)C)c(C)c1. The molecule has 28 heavy (non-hydrogen) atoms. The van der Waals surface area contributed by atoms with Gasteiger partial charge in [0.2, 0.25) is 0 Å². The predicted octanol–water partition coefficient (Wildman–Crippen LogP) is 6.11. The molecule has 0 heterocycles. The summed E-state index contributed by atoms with van der Waals surface area (Å²) in [5.74, 6) is 1.17. The van der Waals surface area contributed by atoms with Crippen molar-refractivity contribution in [2.24, 2.45) is 5.41 Å². The molecular weight excluding hydrogens is 348 g/mol. The first-order valence-electron chi connectivity index (χ1n) is 10.1. The highest BCUT2D eigenvalue weighted by atomic mass is 16.5. The largest absolute Gasteiger partial charge is 0.508 e. The molecule has 2 rings (SSSR count). The Hall–Kier alpha value is -2.29. The van der Waals surface area contributed by atoms with Gasteiger partial charge < -0.3 is 9.84 Å². The van der Waals surface area contributed by atoms with E-state index >= 15 is 0 Å². The van der Waals surface area contributed by atoms with Crippen LogP contribution in [0.4, 0.5) is 0 Å². The fourth-order valence-electron chi connectivity index (χ4n) is 3.66. The lowest BCUT2D eigenvalue weighted by Crippen LogP contribution is -2.27. The molecule has 0 radical (unpaired) electrons. The van der Waals surface area contributed by atoms with Crippen LogP contribution in [0.25, 0.3) is 0 Å². The summed E-state index contributed by atoms with van der Waals surface area (Å²) in [4.78, 5) is 12.2. The molecule has 0 aliphatic carbocycles. The Bertz CT molecular complexity index is 839. The maximum atomic E-state index is 12.2. The zero-order valence-electron chi connectivity index (χ0n) is 18.3. The zero-order valence-corrected chi connectivity index (χ0v) is 18.3. The number of phenolic OH excluding ortho intramolecular Hbond substituents is 1. The number of aryl methyl sites for hydroxylation is 2. The molecule has 0 aliphatic heterocycles. The highest BCUT2D eigenvalue weighted by Gasteiger charge is 2.31. The van der Waals surface area contributed by atoms with Gasteiger partial charge in [-0.2, -0.15) is 0 Å². The second kappa shape index (κ2) is 8.38. The summed E-state index contributed by atoms with van der Waals surface area (Å²) >= 11 is 0. The molecule has 152 valence electrons. The summed E-state index contributed by atoms with van der Waals surface area (Å²) < 4.78 is 5.82. The summed E-state index contributed by atoms with van der Waals surface area (Å²) in [5.41, 5.74) is 3.84. The van der Waals surface area contributed by atoms with Gasteiger partial charge in [-0.1, -0.05) is 58.9 Å². The molecule has 0 spiro atoms. The van der Waals surface area contributed by atoms with Gasteiger partial charge in [0.05, 0.1) is 0 Å². The molecule has 0 amide bonds. The standard InChI is InChI=1S/C25H34O3/c1-8-25(9-2,19-10-12-21(26)17(3)14-19)20-11-13-22(18(4)15-20)28-16-23(27)24(5,6)7/h10-15,26H,8-9,16H2,1-7H3. The maximum absolute atomic E-state index is 12.2. The third-order valence-electron chi connectivity index (χ3n) is 5.88. The van der Waals surface area contributed by atoms with E-state index in [0.717, 1.165) is 29.7 Å². The number of hydrogen-bond acceptors (Lipinski definition) is 3. The third kappa shape index (κ3) is 4.40. The van der Waals surface area contributed by atoms with Crippen molar-refractivity contribution < 1.29 is 14.6 Å². The van der Waals surface area contributed by atoms with Gasteiger partial charge in [0.1, 0.15) is 18.1 Å². The zero-order chi connectivity index (χ0) is 21.1. The molecule has 0 fully saturated rings. The smallest absolute Gasteiger partial charge is 0.175 e. The Morgan fingerprint density at radius 2 is 1.46 bits per heavy atom. The van der Waals surface area contributed by atoms with Gasteiger partial charge in [0.25, 0.3) is 0 Å². The maximum Gasteiger partial charge on any atom is 0.175 e. The fourth-order valence-corrected chi connectivity index (χ4v) is 3.66. The van der Waals surface area contributed by atoms with Gasteiger partial charge in [-0.05, 0) is 61.1 Å². The Balaban J connectivity index is 2.37. The number of Topliss-reactive ketones (excluding diaryl/α,β-unsaturated/α-hetero) is 1. The van der Waals surface area contributed by atoms with E-state index in [9.17, 15) is 9.90 Å². The Morgan fingerprint density at radius 3 is 1.93 bits per heavy atom. The molecule has 0 saturated heterocycles. The average Bonchev–Trinajstić information content (AvgIpc) is 2.64. The van der Waals surface area contributed by atoms with Crippen molar-refractivity contribution in [1.29, 1.82) is 0 Å². The molecule has 2 aromatic rings. The first-order chi connectivity index (χ1) is 13.0. The van der Waals surface area contributed by atoms with E-state index in [-0.39, 0.29) is 17.8 Å². The normalized spacial score (nSPS) is 12.1. The minimum atomic E-state index is -0.399. The van der Waals surface area contributed by atoms with Crippen molar-refractivity contribution in [3.63, 3.8) is 0 Å². The molecule has 0 aliphatic rings. The lowest BCUT2D eigenvalue weighted by molar-refractivity contribution is -0.128.